The fraction of sp³-hybridized carbons (Fsp3) is 0.207. The van der Waals surface area contributed by atoms with Crippen LogP contribution < -0.4 is 10.1 Å². The van der Waals surface area contributed by atoms with Gasteiger partial charge in [0.1, 0.15) is 5.75 Å². The maximum absolute atomic E-state index is 5.85. The second kappa shape index (κ2) is 10.3. The summed E-state index contributed by atoms with van der Waals surface area (Å²) in [6.07, 6.45) is 0.864. The fourth-order valence-electron chi connectivity index (χ4n) is 4.41. The summed E-state index contributed by atoms with van der Waals surface area (Å²) in [6, 6.07) is 26.3. The molecule has 1 N–H and O–H groups in total. The van der Waals surface area contributed by atoms with E-state index in [1.807, 2.05) is 30.3 Å². The van der Waals surface area contributed by atoms with Gasteiger partial charge in [0, 0.05) is 17.8 Å². The first-order valence-electron chi connectivity index (χ1n) is 11.9. The number of aryl methyl sites for hydroxylation is 1. The highest BCUT2D eigenvalue weighted by Gasteiger charge is 2.34. The van der Waals surface area contributed by atoms with Crippen molar-refractivity contribution < 1.29 is 9.26 Å². The minimum absolute atomic E-state index is 0.199. The van der Waals surface area contributed by atoms with Gasteiger partial charge in [-0.25, -0.2) is 0 Å². The molecule has 0 fully saturated rings. The number of hydrogen-bond acceptors (Lipinski definition) is 5. The minimum Gasteiger partial charge on any atom is -0.497 e. The van der Waals surface area contributed by atoms with E-state index >= 15 is 0 Å². The first kappa shape index (κ1) is 23.8. The summed E-state index contributed by atoms with van der Waals surface area (Å²) in [5, 5.41) is 8.52. The van der Waals surface area contributed by atoms with Crippen molar-refractivity contribution in [3.63, 3.8) is 0 Å². The maximum atomic E-state index is 5.85. The molecule has 0 amide bonds. The van der Waals surface area contributed by atoms with Crippen molar-refractivity contribution >= 4 is 22.9 Å². The first-order valence-corrected chi connectivity index (χ1v) is 12.3. The average Bonchev–Trinajstić information content (AvgIpc) is 3.39. The smallest absolute Gasteiger partial charge is 0.258 e. The Balaban J connectivity index is 1.53. The number of allylic oxidation sites excluding steroid dienone is 1. The zero-order chi connectivity index (χ0) is 25.1. The first-order chi connectivity index (χ1) is 17.5. The Morgan fingerprint density at radius 3 is 2.39 bits per heavy atom. The van der Waals surface area contributed by atoms with Crippen LogP contribution >= 0.6 is 12.2 Å². The molecule has 7 heteroatoms. The summed E-state index contributed by atoms with van der Waals surface area (Å²) in [5.74, 6) is 1.78. The molecule has 6 nitrogen and oxygen atoms in total. The van der Waals surface area contributed by atoms with Gasteiger partial charge in [0.05, 0.1) is 18.7 Å². The van der Waals surface area contributed by atoms with E-state index in [1.165, 1.54) is 11.1 Å². The van der Waals surface area contributed by atoms with Gasteiger partial charge in [-0.3, -0.25) is 0 Å². The van der Waals surface area contributed by atoms with Gasteiger partial charge in [0.15, 0.2) is 5.11 Å². The number of aromatic nitrogens is 2. The summed E-state index contributed by atoms with van der Waals surface area (Å²) >= 11 is 5.83. The van der Waals surface area contributed by atoms with Gasteiger partial charge in [-0.1, -0.05) is 65.3 Å². The zero-order valence-electron chi connectivity index (χ0n) is 20.6. The van der Waals surface area contributed by atoms with Gasteiger partial charge >= 0.3 is 0 Å². The third-order valence-electron chi connectivity index (χ3n) is 6.48. The molecule has 4 aromatic rings. The second-order valence-electron chi connectivity index (χ2n) is 8.83. The third kappa shape index (κ3) is 4.88. The van der Waals surface area contributed by atoms with Gasteiger partial charge in [-0.15, -0.1) is 0 Å². The number of nitrogens with one attached hydrogen (secondary N) is 1. The summed E-state index contributed by atoms with van der Waals surface area (Å²) in [6.45, 7) is 4.90. The SMILES string of the molecule is COc1ccc(-c2noc(C3=C(C)N(CCc4ccccc4)C(=S)NC3c3ccc(C)cc3)n2)cc1. The summed E-state index contributed by atoms with van der Waals surface area (Å²) < 4.78 is 11.1. The van der Waals surface area contributed by atoms with Crippen molar-refractivity contribution in [2.45, 2.75) is 26.3 Å². The molecular formula is C29H28N4O2S. The lowest BCUT2D eigenvalue weighted by atomic mass is 9.94. The van der Waals surface area contributed by atoms with E-state index in [9.17, 15) is 0 Å². The average molecular weight is 497 g/mol. The molecule has 1 atom stereocenters. The number of ether oxygens (including phenoxy) is 1. The molecule has 1 aliphatic rings. The van der Waals surface area contributed by atoms with Crippen molar-refractivity contribution in [2.75, 3.05) is 13.7 Å². The van der Waals surface area contributed by atoms with Crippen LogP contribution in [-0.4, -0.2) is 33.8 Å². The van der Waals surface area contributed by atoms with Gasteiger partial charge in [0.25, 0.3) is 5.89 Å². The van der Waals surface area contributed by atoms with Crippen molar-refractivity contribution in [1.82, 2.24) is 20.4 Å². The lowest BCUT2D eigenvalue weighted by Crippen LogP contribution is -2.46. The Labute approximate surface area is 216 Å². The van der Waals surface area contributed by atoms with Crippen LogP contribution in [0.1, 0.15) is 35.5 Å². The van der Waals surface area contributed by atoms with Gasteiger partial charge in [-0.2, -0.15) is 4.98 Å². The predicted octanol–water partition coefficient (Wildman–Crippen LogP) is 5.96. The highest BCUT2D eigenvalue weighted by Crippen LogP contribution is 2.37. The molecule has 1 aliphatic heterocycles. The van der Waals surface area contributed by atoms with Gasteiger partial charge in [0.2, 0.25) is 5.82 Å². The van der Waals surface area contributed by atoms with Crippen LogP contribution in [0.2, 0.25) is 0 Å². The van der Waals surface area contributed by atoms with E-state index in [0.717, 1.165) is 41.1 Å². The number of rotatable bonds is 7. The Morgan fingerprint density at radius 1 is 0.972 bits per heavy atom. The number of methoxy groups -OCH3 is 1. The van der Waals surface area contributed by atoms with E-state index < -0.39 is 0 Å². The summed E-state index contributed by atoms with van der Waals surface area (Å²) in [4.78, 5) is 6.92. The maximum Gasteiger partial charge on any atom is 0.258 e. The Hall–Kier alpha value is -3.97. The molecule has 0 bridgehead atoms. The quantitative estimate of drug-likeness (QED) is 0.317. The number of hydrogen-bond donors (Lipinski definition) is 1. The molecule has 3 aromatic carbocycles. The van der Waals surface area contributed by atoms with E-state index in [1.54, 1.807) is 7.11 Å². The van der Waals surface area contributed by atoms with Crippen molar-refractivity contribution in [2.24, 2.45) is 0 Å². The Kier molecular flexibility index (Phi) is 6.82. The monoisotopic (exact) mass is 496 g/mol. The molecule has 5 rings (SSSR count). The standard InChI is InChI=1S/C29H28N4O2S/c1-19-9-11-22(12-10-19)26-25(28-31-27(32-35-28)23-13-15-24(34-3)16-14-23)20(2)33(29(36)30-26)18-17-21-7-5-4-6-8-21/h4-16,26H,17-18H2,1-3H3,(H,30,36). The van der Waals surface area contributed by atoms with Crippen LogP contribution in [0.25, 0.3) is 17.0 Å². The third-order valence-corrected chi connectivity index (χ3v) is 6.82. The highest BCUT2D eigenvalue weighted by molar-refractivity contribution is 7.80. The molecule has 0 aliphatic carbocycles. The van der Waals surface area contributed by atoms with Crippen molar-refractivity contribution in [1.29, 1.82) is 0 Å². The van der Waals surface area contributed by atoms with Crippen LogP contribution in [0, 0.1) is 6.92 Å². The minimum atomic E-state index is -0.199. The Morgan fingerprint density at radius 2 is 1.69 bits per heavy atom. The molecule has 36 heavy (non-hydrogen) atoms. The number of nitrogens with zero attached hydrogens (tertiary/aromatic N) is 3. The van der Waals surface area contributed by atoms with Gasteiger partial charge < -0.3 is 19.5 Å². The summed E-state index contributed by atoms with van der Waals surface area (Å²) in [7, 11) is 1.64. The molecule has 0 saturated carbocycles. The van der Waals surface area contributed by atoms with Gasteiger partial charge in [-0.05, 0) is 67.9 Å². The zero-order valence-corrected chi connectivity index (χ0v) is 21.4. The Bertz CT molecular complexity index is 1380. The highest BCUT2D eigenvalue weighted by atomic mass is 32.1. The molecule has 1 aromatic heterocycles. The van der Waals surface area contributed by atoms with Crippen LogP contribution in [0.3, 0.4) is 0 Å². The van der Waals surface area contributed by atoms with Crippen LogP contribution in [-0.2, 0) is 6.42 Å². The normalized spacial score (nSPS) is 15.7. The molecule has 182 valence electrons. The lowest BCUT2D eigenvalue weighted by molar-refractivity contribution is 0.397. The second-order valence-corrected chi connectivity index (χ2v) is 9.22. The van der Waals surface area contributed by atoms with Crippen LogP contribution in [0.4, 0.5) is 0 Å². The molecule has 2 heterocycles. The van der Waals surface area contributed by atoms with E-state index in [2.05, 4.69) is 77.8 Å². The topological polar surface area (TPSA) is 63.4 Å². The van der Waals surface area contributed by atoms with Crippen molar-refractivity contribution in [3.8, 4) is 17.1 Å². The number of benzene rings is 3. The van der Waals surface area contributed by atoms with Crippen LogP contribution in [0.5, 0.6) is 5.75 Å². The molecule has 0 saturated heterocycles. The molecule has 0 spiro atoms. The van der Waals surface area contributed by atoms with E-state index in [0.29, 0.717) is 16.8 Å². The molecule has 1 unspecified atom stereocenters. The fourth-order valence-corrected chi connectivity index (χ4v) is 4.76. The molecular weight excluding hydrogens is 468 g/mol. The van der Waals surface area contributed by atoms with Crippen molar-refractivity contribution in [3.05, 3.63) is 107 Å². The van der Waals surface area contributed by atoms with E-state index in [-0.39, 0.29) is 6.04 Å². The summed E-state index contributed by atoms with van der Waals surface area (Å²) in [5.41, 5.74) is 6.33. The number of thiocarbonyl (C=S) groups is 1. The predicted molar refractivity (Wildman–Crippen MR) is 145 cm³/mol. The van der Waals surface area contributed by atoms with E-state index in [4.69, 9.17) is 26.5 Å². The largest absolute Gasteiger partial charge is 0.497 e. The van der Waals surface area contributed by atoms with Crippen LogP contribution in [0.15, 0.2) is 89.1 Å². The lowest BCUT2D eigenvalue weighted by Gasteiger charge is -2.37. The molecule has 0 radical (unpaired) electrons.